The maximum absolute atomic E-state index is 12.6. The summed E-state index contributed by atoms with van der Waals surface area (Å²) in [5.74, 6) is 0.138. The molecule has 1 amide bonds. The van der Waals surface area contributed by atoms with E-state index in [2.05, 4.69) is 20.8 Å². The van der Waals surface area contributed by atoms with E-state index in [4.69, 9.17) is 5.73 Å². The van der Waals surface area contributed by atoms with Crippen molar-refractivity contribution in [1.29, 1.82) is 0 Å². The van der Waals surface area contributed by atoms with Crippen LogP contribution in [-0.4, -0.2) is 54.0 Å². The number of likely N-dealkylation sites (tertiary alicyclic amines) is 2. The molecular formula is C16H22BrN3O. The number of piperidine rings is 1. The quantitative estimate of drug-likeness (QED) is 0.887. The zero-order valence-electron chi connectivity index (χ0n) is 12.2. The van der Waals surface area contributed by atoms with Crippen molar-refractivity contribution in [1.82, 2.24) is 9.80 Å². The van der Waals surface area contributed by atoms with E-state index in [0.717, 1.165) is 55.5 Å². The van der Waals surface area contributed by atoms with Crippen LogP contribution in [-0.2, 0) is 0 Å². The zero-order chi connectivity index (χ0) is 14.8. The summed E-state index contributed by atoms with van der Waals surface area (Å²) in [6.45, 7) is 3.84. The maximum atomic E-state index is 12.6. The number of nitrogens with zero attached hydrogens (tertiary/aromatic N) is 2. The molecule has 2 aliphatic rings. The van der Waals surface area contributed by atoms with Crippen LogP contribution in [0, 0.1) is 0 Å². The molecule has 2 heterocycles. The lowest BCUT2D eigenvalue weighted by Gasteiger charge is -2.34. The molecule has 114 valence electrons. The third-order valence-electron chi connectivity index (χ3n) is 4.65. The van der Waals surface area contributed by atoms with Crippen LogP contribution >= 0.6 is 15.9 Å². The average Bonchev–Trinajstić information content (AvgIpc) is 2.98. The van der Waals surface area contributed by atoms with Crippen LogP contribution in [0.15, 0.2) is 28.7 Å². The highest BCUT2D eigenvalue weighted by Gasteiger charge is 2.32. The number of hydrogen-bond donors (Lipinski definition) is 1. The fourth-order valence-electron chi connectivity index (χ4n) is 3.31. The summed E-state index contributed by atoms with van der Waals surface area (Å²) in [6.07, 6.45) is 3.23. The van der Waals surface area contributed by atoms with Gasteiger partial charge in [-0.15, -0.1) is 0 Å². The number of carbonyl (C=O) groups is 1. The average molecular weight is 352 g/mol. The van der Waals surface area contributed by atoms with E-state index in [1.165, 1.54) is 0 Å². The van der Waals surface area contributed by atoms with Crippen molar-refractivity contribution in [2.45, 2.75) is 31.3 Å². The summed E-state index contributed by atoms with van der Waals surface area (Å²) < 4.78 is 0.877. The van der Waals surface area contributed by atoms with Gasteiger partial charge in [-0.3, -0.25) is 9.69 Å². The van der Waals surface area contributed by atoms with Crippen molar-refractivity contribution in [3.05, 3.63) is 34.3 Å². The molecule has 0 aromatic heterocycles. The molecule has 0 aliphatic carbocycles. The van der Waals surface area contributed by atoms with Gasteiger partial charge in [-0.2, -0.15) is 0 Å². The first-order chi connectivity index (χ1) is 10.1. The monoisotopic (exact) mass is 351 g/mol. The molecule has 1 aromatic carbocycles. The highest BCUT2D eigenvalue weighted by atomic mass is 79.9. The first-order valence-electron chi connectivity index (χ1n) is 7.68. The van der Waals surface area contributed by atoms with Crippen LogP contribution in [0.4, 0.5) is 0 Å². The molecule has 2 N–H and O–H groups in total. The molecular weight excluding hydrogens is 330 g/mol. The van der Waals surface area contributed by atoms with E-state index >= 15 is 0 Å². The van der Waals surface area contributed by atoms with E-state index < -0.39 is 0 Å². The predicted molar refractivity (Wildman–Crippen MR) is 87.2 cm³/mol. The summed E-state index contributed by atoms with van der Waals surface area (Å²) >= 11 is 3.47. The molecule has 0 spiro atoms. The number of rotatable bonds is 2. The lowest BCUT2D eigenvalue weighted by atomic mass is 10.0. The largest absolute Gasteiger partial charge is 0.337 e. The molecule has 0 saturated carbocycles. The first kappa shape index (κ1) is 15.0. The third-order valence-corrected chi connectivity index (χ3v) is 5.34. The summed E-state index contributed by atoms with van der Waals surface area (Å²) in [5, 5.41) is 0. The standard InChI is InChI=1S/C16H22BrN3O/c17-15-4-2-1-3-14(15)16(21)20-10-7-13(11-20)19-8-5-12(18)6-9-19/h1-4,12-13H,5-11,18H2. The van der Waals surface area contributed by atoms with Gasteiger partial charge in [0.15, 0.2) is 0 Å². The van der Waals surface area contributed by atoms with E-state index in [1.54, 1.807) is 0 Å². The Labute approximate surface area is 134 Å². The minimum Gasteiger partial charge on any atom is -0.337 e. The van der Waals surface area contributed by atoms with E-state index in [9.17, 15) is 4.79 Å². The van der Waals surface area contributed by atoms with Crippen molar-refractivity contribution in [3.8, 4) is 0 Å². The first-order valence-corrected chi connectivity index (χ1v) is 8.48. The third kappa shape index (κ3) is 3.30. The van der Waals surface area contributed by atoms with Crippen molar-refractivity contribution in [2.75, 3.05) is 26.2 Å². The maximum Gasteiger partial charge on any atom is 0.255 e. The van der Waals surface area contributed by atoms with Gasteiger partial charge in [-0.25, -0.2) is 0 Å². The lowest BCUT2D eigenvalue weighted by molar-refractivity contribution is 0.0768. The van der Waals surface area contributed by atoms with Gasteiger partial charge in [0.1, 0.15) is 0 Å². The Bertz CT molecular complexity index is 514. The molecule has 2 aliphatic heterocycles. The van der Waals surface area contributed by atoms with Gasteiger partial charge >= 0.3 is 0 Å². The smallest absolute Gasteiger partial charge is 0.255 e. The van der Waals surface area contributed by atoms with Gasteiger partial charge in [0.05, 0.1) is 5.56 Å². The molecule has 5 heteroatoms. The Morgan fingerprint density at radius 1 is 1.14 bits per heavy atom. The molecule has 1 unspecified atom stereocenters. The SMILES string of the molecule is NC1CCN(C2CCN(C(=O)c3ccccc3Br)C2)CC1. The van der Waals surface area contributed by atoms with Crippen LogP contribution in [0.1, 0.15) is 29.6 Å². The predicted octanol–water partition coefficient (Wildman–Crippen LogP) is 2.09. The number of carbonyl (C=O) groups excluding carboxylic acids is 1. The van der Waals surface area contributed by atoms with E-state index in [0.29, 0.717) is 12.1 Å². The second-order valence-corrected chi connectivity index (χ2v) is 6.90. The Hall–Kier alpha value is -0.910. The van der Waals surface area contributed by atoms with Crippen LogP contribution in [0.3, 0.4) is 0 Å². The van der Waals surface area contributed by atoms with Crippen molar-refractivity contribution in [2.24, 2.45) is 5.73 Å². The summed E-state index contributed by atoms with van der Waals surface area (Å²) in [6, 6.07) is 8.53. The second kappa shape index (κ2) is 6.46. The molecule has 2 saturated heterocycles. The Morgan fingerprint density at radius 3 is 2.57 bits per heavy atom. The van der Waals surface area contributed by atoms with Crippen LogP contribution in [0.5, 0.6) is 0 Å². The van der Waals surface area contributed by atoms with Gasteiger partial charge in [0, 0.05) is 29.6 Å². The van der Waals surface area contributed by atoms with Crippen molar-refractivity contribution >= 4 is 21.8 Å². The zero-order valence-corrected chi connectivity index (χ0v) is 13.8. The molecule has 2 fully saturated rings. The molecule has 21 heavy (non-hydrogen) atoms. The number of nitrogens with two attached hydrogens (primary N) is 1. The fraction of sp³-hybridized carbons (Fsp3) is 0.562. The summed E-state index contributed by atoms with van der Waals surface area (Å²) in [5.41, 5.74) is 6.73. The number of hydrogen-bond acceptors (Lipinski definition) is 3. The molecule has 1 atom stereocenters. The topological polar surface area (TPSA) is 49.6 Å². The van der Waals surface area contributed by atoms with Crippen LogP contribution in [0.2, 0.25) is 0 Å². The molecule has 1 aromatic rings. The van der Waals surface area contributed by atoms with E-state index in [1.807, 2.05) is 29.2 Å². The van der Waals surface area contributed by atoms with Gasteiger partial charge in [-0.05, 0) is 60.4 Å². The minimum atomic E-state index is 0.138. The van der Waals surface area contributed by atoms with Gasteiger partial charge < -0.3 is 10.6 Å². The second-order valence-electron chi connectivity index (χ2n) is 6.05. The van der Waals surface area contributed by atoms with Crippen molar-refractivity contribution < 1.29 is 4.79 Å². The van der Waals surface area contributed by atoms with Crippen LogP contribution in [0.25, 0.3) is 0 Å². The molecule has 0 bridgehead atoms. The number of halogens is 1. The molecule has 4 nitrogen and oxygen atoms in total. The number of amides is 1. The highest BCUT2D eigenvalue weighted by molar-refractivity contribution is 9.10. The lowest BCUT2D eigenvalue weighted by Crippen LogP contribution is -2.46. The minimum absolute atomic E-state index is 0.138. The Kier molecular flexibility index (Phi) is 4.62. The highest BCUT2D eigenvalue weighted by Crippen LogP contribution is 2.24. The fourth-order valence-corrected chi connectivity index (χ4v) is 3.77. The summed E-state index contributed by atoms with van der Waals surface area (Å²) in [4.78, 5) is 17.1. The summed E-state index contributed by atoms with van der Waals surface area (Å²) in [7, 11) is 0. The van der Waals surface area contributed by atoms with Gasteiger partial charge in [-0.1, -0.05) is 12.1 Å². The molecule has 0 radical (unpaired) electrons. The molecule has 3 rings (SSSR count). The Balaban J connectivity index is 1.62. The van der Waals surface area contributed by atoms with Crippen molar-refractivity contribution in [3.63, 3.8) is 0 Å². The van der Waals surface area contributed by atoms with Gasteiger partial charge in [0.25, 0.3) is 5.91 Å². The number of benzene rings is 1. The van der Waals surface area contributed by atoms with Crippen LogP contribution < -0.4 is 5.73 Å². The van der Waals surface area contributed by atoms with E-state index in [-0.39, 0.29) is 5.91 Å². The van der Waals surface area contributed by atoms with Gasteiger partial charge in [0.2, 0.25) is 0 Å². The Morgan fingerprint density at radius 2 is 1.86 bits per heavy atom. The normalized spacial score (nSPS) is 24.5.